The van der Waals surface area contributed by atoms with Crippen molar-refractivity contribution in [1.82, 2.24) is 0 Å². The normalized spacial score (nSPS) is 17.5. The zero-order valence-electron chi connectivity index (χ0n) is 12.0. The van der Waals surface area contributed by atoms with Gasteiger partial charge in [-0.3, -0.25) is 4.79 Å². The fourth-order valence-corrected chi connectivity index (χ4v) is 3.46. The van der Waals surface area contributed by atoms with Crippen LogP contribution in [0.3, 0.4) is 0 Å². The minimum Gasteiger partial charge on any atom is -0.491 e. The molecule has 1 N–H and O–H groups in total. The van der Waals surface area contributed by atoms with Crippen LogP contribution in [0.15, 0.2) is 24.3 Å². The van der Waals surface area contributed by atoms with Crippen molar-refractivity contribution < 1.29 is 9.53 Å². The molecule has 0 radical (unpaired) electrons. The largest absolute Gasteiger partial charge is 0.491 e. The van der Waals surface area contributed by atoms with E-state index in [0.29, 0.717) is 6.61 Å². The summed E-state index contributed by atoms with van der Waals surface area (Å²) < 4.78 is 6.03. The number of hydrogen-bond acceptors (Lipinski definition) is 2. The van der Waals surface area contributed by atoms with Crippen LogP contribution in [0.1, 0.15) is 39.0 Å². The number of para-hydroxylation sites is 2. The van der Waals surface area contributed by atoms with Crippen molar-refractivity contribution in [3.63, 3.8) is 0 Å². The van der Waals surface area contributed by atoms with Crippen LogP contribution >= 0.6 is 15.9 Å². The lowest BCUT2D eigenvalue weighted by molar-refractivity contribution is -0.114. The quantitative estimate of drug-likeness (QED) is 0.809. The smallest absolute Gasteiger partial charge is 0.221 e. The number of nitrogens with one attached hydrogen (secondary N) is 1. The molecule has 1 amide bonds. The van der Waals surface area contributed by atoms with Gasteiger partial charge in [-0.1, -0.05) is 47.3 Å². The first kappa shape index (κ1) is 15.4. The lowest BCUT2D eigenvalue weighted by Gasteiger charge is -2.35. The van der Waals surface area contributed by atoms with Crippen molar-refractivity contribution in [3.05, 3.63) is 24.3 Å². The molecule has 0 bridgehead atoms. The van der Waals surface area contributed by atoms with Crippen molar-refractivity contribution in [2.45, 2.75) is 39.0 Å². The Labute approximate surface area is 129 Å². The van der Waals surface area contributed by atoms with Crippen LogP contribution in [-0.4, -0.2) is 17.8 Å². The van der Waals surface area contributed by atoms with E-state index in [9.17, 15) is 4.79 Å². The second kappa shape index (κ2) is 7.11. The Balaban J connectivity index is 2.04. The predicted octanol–water partition coefficient (Wildman–Crippen LogP) is 4.37. The van der Waals surface area contributed by atoms with Crippen LogP contribution in [0, 0.1) is 5.41 Å². The first-order valence-corrected chi connectivity index (χ1v) is 8.33. The molecule has 110 valence electrons. The number of ether oxygens (including phenoxy) is 1. The van der Waals surface area contributed by atoms with E-state index in [0.717, 1.165) is 16.8 Å². The highest BCUT2D eigenvalue weighted by molar-refractivity contribution is 9.09. The maximum absolute atomic E-state index is 11.2. The number of amides is 1. The number of anilines is 1. The highest BCUT2D eigenvalue weighted by Gasteiger charge is 2.32. The minimum absolute atomic E-state index is 0.0751. The van der Waals surface area contributed by atoms with Crippen molar-refractivity contribution in [1.29, 1.82) is 0 Å². The summed E-state index contributed by atoms with van der Waals surface area (Å²) in [6.45, 7) is 2.22. The molecule has 0 unspecified atom stereocenters. The molecule has 20 heavy (non-hydrogen) atoms. The van der Waals surface area contributed by atoms with Crippen LogP contribution in [0.2, 0.25) is 0 Å². The van der Waals surface area contributed by atoms with E-state index in [2.05, 4.69) is 21.2 Å². The number of alkyl halides is 1. The third-order valence-electron chi connectivity index (χ3n) is 3.93. The summed E-state index contributed by atoms with van der Waals surface area (Å²) in [6, 6.07) is 7.62. The summed E-state index contributed by atoms with van der Waals surface area (Å²) in [7, 11) is 0. The van der Waals surface area contributed by atoms with E-state index >= 15 is 0 Å². The average Bonchev–Trinajstić information content (AvgIpc) is 2.47. The van der Waals surface area contributed by atoms with Gasteiger partial charge in [-0.25, -0.2) is 0 Å². The van der Waals surface area contributed by atoms with E-state index in [1.54, 1.807) is 0 Å². The fraction of sp³-hybridized carbons (Fsp3) is 0.562. The highest BCUT2D eigenvalue weighted by Crippen LogP contribution is 2.39. The molecule has 0 aliphatic heterocycles. The number of rotatable bonds is 5. The van der Waals surface area contributed by atoms with Gasteiger partial charge in [-0.05, 0) is 25.0 Å². The molecule has 1 aromatic rings. The lowest BCUT2D eigenvalue weighted by atomic mass is 9.76. The van der Waals surface area contributed by atoms with Gasteiger partial charge < -0.3 is 10.1 Å². The standard InChI is InChI=1S/C16H22BrNO2/c1-13(19)18-14-7-3-4-8-15(14)20-12-16(11-17)9-5-2-6-10-16/h3-4,7-8H,2,5-6,9-12H2,1H3,(H,18,19). The van der Waals surface area contributed by atoms with Crippen LogP contribution in [0.25, 0.3) is 0 Å². The van der Waals surface area contributed by atoms with Crippen molar-refractivity contribution >= 4 is 27.5 Å². The summed E-state index contributed by atoms with van der Waals surface area (Å²) in [5.41, 5.74) is 0.988. The van der Waals surface area contributed by atoms with Crippen LogP contribution < -0.4 is 10.1 Å². The van der Waals surface area contributed by atoms with E-state index in [1.165, 1.54) is 39.0 Å². The molecule has 4 heteroatoms. The first-order chi connectivity index (χ1) is 9.65. The van der Waals surface area contributed by atoms with Crippen LogP contribution in [-0.2, 0) is 4.79 Å². The molecular weight excluding hydrogens is 318 g/mol. The molecule has 0 heterocycles. The molecule has 0 spiro atoms. The lowest BCUT2D eigenvalue weighted by Crippen LogP contribution is -2.32. The fourth-order valence-electron chi connectivity index (χ4n) is 2.73. The third kappa shape index (κ3) is 3.98. The first-order valence-electron chi connectivity index (χ1n) is 7.21. The van der Waals surface area contributed by atoms with Crippen LogP contribution in [0.5, 0.6) is 5.75 Å². The SMILES string of the molecule is CC(=O)Nc1ccccc1OCC1(CBr)CCCCC1. The second-order valence-corrected chi connectivity index (χ2v) is 6.22. The molecule has 1 fully saturated rings. The minimum atomic E-state index is -0.0751. The van der Waals surface area contributed by atoms with E-state index in [-0.39, 0.29) is 11.3 Å². The van der Waals surface area contributed by atoms with Gasteiger partial charge in [0.1, 0.15) is 5.75 Å². The van der Waals surface area contributed by atoms with E-state index in [4.69, 9.17) is 4.74 Å². The number of benzene rings is 1. The number of hydrogen-bond donors (Lipinski definition) is 1. The molecule has 0 atom stereocenters. The Kier molecular flexibility index (Phi) is 5.46. The van der Waals surface area contributed by atoms with Crippen LogP contribution in [0.4, 0.5) is 5.69 Å². The number of halogens is 1. The number of carbonyl (C=O) groups is 1. The van der Waals surface area contributed by atoms with Gasteiger partial charge in [0.2, 0.25) is 5.91 Å². The highest BCUT2D eigenvalue weighted by atomic mass is 79.9. The average molecular weight is 340 g/mol. The van der Waals surface area contributed by atoms with E-state index < -0.39 is 0 Å². The van der Waals surface area contributed by atoms with Gasteiger partial charge in [0.05, 0.1) is 12.3 Å². The Hall–Kier alpha value is -1.03. The molecule has 2 rings (SSSR count). The van der Waals surface area contributed by atoms with Gasteiger partial charge in [-0.2, -0.15) is 0 Å². The van der Waals surface area contributed by atoms with Crippen molar-refractivity contribution in [2.75, 3.05) is 17.3 Å². The predicted molar refractivity (Wildman–Crippen MR) is 85.6 cm³/mol. The monoisotopic (exact) mass is 339 g/mol. The third-order valence-corrected chi connectivity index (χ3v) is 5.12. The molecule has 0 aromatic heterocycles. The van der Waals surface area contributed by atoms with Crippen molar-refractivity contribution in [3.8, 4) is 5.75 Å². The molecule has 1 aliphatic rings. The maximum atomic E-state index is 11.2. The Morgan fingerprint density at radius 2 is 2.00 bits per heavy atom. The summed E-state index contributed by atoms with van der Waals surface area (Å²) in [6.07, 6.45) is 6.31. The van der Waals surface area contributed by atoms with Gasteiger partial charge >= 0.3 is 0 Å². The molecule has 1 aromatic carbocycles. The molecular formula is C16H22BrNO2. The maximum Gasteiger partial charge on any atom is 0.221 e. The van der Waals surface area contributed by atoms with Gasteiger partial charge in [0, 0.05) is 17.7 Å². The summed E-state index contributed by atoms with van der Waals surface area (Å²) in [4.78, 5) is 11.2. The second-order valence-electron chi connectivity index (χ2n) is 5.66. The Morgan fingerprint density at radius 3 is 2.65 bits per heavy atom. The zero-order chi connectivity index (χ0) is 14.4. The van der Waals surface area contributed by atoms with Crippen molar-refractivity contribution in [2.24, 2.45) is 5.41 Å². The van der Waals surface area contributed by atoms with Gasteiger partial charge in [0.25, 0.3) is 0 Å². The zero-order valence-corrected chi connectivity index (χ0v) is 13.5. The Morgan fingerprint density at radius 1 is 1.30 bits per heavy atom. The number of carbonyl (C=O) groups excluding carboxylic acids is 1. The summed E-state index contributed by atoms with van der Waals surface area (Å²) >= 11 is 3.65. The van der Waals surface area contributed by atoms with E-state index in [1.807, 2.05) is 24.3 Å². The van der Waals surface area contributed by atoms with Gasteiger partial charge in [-0.15, -0.1) is 0 Å². The summed E-state index contributed by atoms with van der Waals surface area (Å²) in [5.74, 6) is 0.683. The molecule has 0 saturated heterocycles. The molecule has 3 nitrogen and oxygen atoms in total. The van der Waals surface area contributed by atoms with Gasteiger partial charge in [0.15, 0.2) is 0 Å². The Bertz CT molecular complexity index is 456. The topological polar surface area (TPSA) is 38.3 Å². The molecule has 1 saturated carbocycles. The molecule has 1 aliphatic carbocycles. The summed E-state index contributed by atoms with van der Waals surface area (Å²) in [5, 5.41) is 3.79.